The monoisotopic (exact) mass is 548 g/mol. The second kappa shape index (κ2) is 11.1. The quantitative estimate of drug-likeness (QED) is 0.204. The third-order valence-electron chi connectivity index (χ3n) is 4.57. The maximum Gasteiger partial charge on any atom is 0.191 e. The molecule has 0 amide bonds. The summed E-state index contributed by atoms with van der Waals surface area (Å²) in [5.41, 5.74) is 2.01. The molecule has 0 fully saturated rings. The number of aromatic nitrogens is 3. The number of rotatable bonds is 7. The van der Waals surface area contributed by atoms with Gasteiger partial charge in [-0.15, -0.1) is 45.5 Å². The molecule has 1 aromatic carbocycles. The fourth-order valence-corrected chi connectivity index (χ4v) is 4.00. The Bertz CT molecular complexity index is 1140. The van der Waals surface area contributed by atoms with Crippen LogP contribution in [0.5, 0.6) is 5.75 Å². The van der Waals surface area contributed by atoms with E-state index in [-0.39, 0.29) is 24.0 Å². The fraction of sp³-hybridized carbons (Fsp3) is 0.227. The van der Waals surface area contributed by atoms with Gasteiger partial charge in [-0.05, 0) is 61.0 Å². The number of hydrogen-bond acceptors (Lipinski definition) is 5. The summed E-state index contributed by atoms with van der Waals surface area (Å²) in [6.45, 7) is 3.99. The first-order valence-corrected chi connectivity index (χ1v) is 10.6. The zero-order valence-corrected chi connectivity index (χ0v) is 20.6. The van der Waals surface area contributed by atoms with Crippen LogP contribution in [0.15, 0.2) is 65.8 Å². The van der Waals surface area contributed by atoms with Gasteiger partial charge >= 0.3 is 0 Å². The molecule has 3 aromatic heterocycles. The average Bonchev–Trinajstić information content (AvgIpc) is 3.43. The molecule has 0 aliphatic carbocycles. The summed E-state index contributed by atoms with van der Waals surface area (Å²) >= 11 is 1.76. The lowest BCUT2D eigenvalue weighted by Gasteiger charge is -2.10. The van der Waals surface area contributed by atoms with Crippen LogP contribution in [-0.4, -0.2) is 34.2 Å². The van der Waals surface area contributed by atoms with Crippen LogP contribution in [0.4, 0.5) is 0 Å². The van der Waals surface area contributed by atoms with Gasteiger partial charge in [0, 0.05) is 22.5 Å². The smallest absolute Gasteiger partial charge is 0.191 e. The minimum absolute atomic E-state index is 0. The lowest BCUT2D eigenvalue weighted by molar-refractivity contribution is 0.415. The Morgan fingerprint density at radius 1 is 1.06 bits per heavy atom. The topological polar surface area (TPSA) is 75.8 Å². The summed E-state index contributed by atoms with van der Waals surface area (Å²) in [6.07, 6.45) is 1.95. The summed E-state index contributed by atoms with van der Waals surface area (Å²) in [5, 5.41) is 15.1. The van der Waals surface area contributed by atoms with Gasteiger partial charge in [0.1, 0.15) is 12.3 Å². The highest BCUT2D eigenvalue weighted by atomic mass is 127. The van der Waals surface area contributed by atoms with E-state index in [1.165, 1.54) is 15.3 Å². The van der Waals surface area contributed by atoms with Crippen LogP contribution < -0.4 is 15.4 Å². The highest BCUT2D eigenvalue weighted by Crippen LogP contribution is 2.29. The van der Waals surface area contributed by atoms with Crippen LogP contribution >= 0.6 is 35.3 Å². The van der Waals surface area contributed by atoms with E-state index in [2.05, 4.69) is 57.0 Å². The summed E-state index contributed by atoms with van der Waals surface area (Å²) < 4.78 is 7.19. The lowest BCUT2D eigenvalue weighted by atomic mass is 10.2. The molecular weight excluding hydrogens is 523 g/mol. The van der Waals surface area contributed by atoms with Gasteiger partial charge in [0.2, 0.25) is 0 Å². The van der Waals surface area contributed by atoms with Crippen molar-refractivity contribution in [1.29, 1.82) is 0 Å². The number of benzene rings is 1. The van der Waals surface area contributed by atoms with Crippen molar-refractivity contribution in [2.45, 2.75) is 20.0 Å². The normalized spacial score (nSPS) is 11.2. The average molecular weight is 548 g/mol. The van der Waals surface area contributed by atoms with Gasteiger partial charge in [-0.1, -0.05) is 6.07 Å². The summed E-state index contributed by atoms with van der Waals surface area (Å²) in [6, 6.07) is 18.3. The zero-order chi connectivity index (χ0) is 20.8. The second-order valence-electron chi connectivity index (χ2n) is 6.59. The first kappa shape index (κ1) is 23.0. The molecule has 4 aromatic rings. The molecule has 4 rings (SSSR count). The highest BCUT2D eigenvalue weighted by molar-refractivity contribution is 14.0. The largest absolute Gasteiger partial charge is 0.497 e. The van der Waals surface area contributed by atoms with Gasteiger partial charge in [-0.2, -0.15) is 0 Å². The molecule has 2 N–H and O–H groups in total. The molecule has 3 heterocycles. The van der Waals surface area contributed by atoms with Crippen LogP contribution in [0.3, 0.4) is 0 Å². The minimum Gasteiger partial charge on any atom is -0.497 e. The van der Waals surface area contributed by atoms with Gasteiger partial charge in [0.25, 0.3) is 0 Å². The number of nitrogens with one attached hydrogen (secondary N) is 2. The van der Waals surface area contributed by atoms with Gasteiger partial charge in [-0.3, -0.25) is 4.40 Å². The molecule has 0 aliphatic rings. The Morgan fingerprint density at radius 2 is 1.90 bits per heavy atom. The number of thiophene rings is 1. The molecule has 0 saturated heterocycles. The van der Waals surface area contributed by atoms with E-state index in [1.54, 1.807) is 18.4 Å². The van der Waals surface area contributed by atoms with Crippen LogP contribution in [0.25, 0.3) is 16.1 Å². The summed E-state index contributed by atoms with van der Waals surface area (Å²) in [4.78, 5) is 7.13. The lowest BCUT2D eigenvalue weighted by Crippen LogP contribution is -2.36. The standard InChI is InChI=1S/C22H24N6OS.HI/c1-3-23-22(25-15-21-27-26-20-6-4-5-13-28(20)21)24-14-18-11-12-19(30-18)16-7-9-17(29-2)10-8-16;/h4-13H,3,14-15H2,1-2H3,(H2,23,24,25);1H. The van der Waals surface area contributed by atoms with Crippen molar-refractivity contribution in [3.05, 3.63) is 71.5 Å². The number of ether oxygens (including phenoxy) is 1. The van der Waals surface area contributed by atoms with Crippen molar-refractivity contribution in [3.63, 3.8) is 0 Å². The predicted molar refractivity (Wildman–Crippen MR) is 136 cm³/mol. The predicted octanol–water partition coefficient (Wildman–Crippen LogP) is 4.34. The van der Waals surface area contributed by atoms with Gasteiger partial charge in [0.15, 0.2) is 17.4 Å². The number of nitrogens with zero attached hydrogens (tertiary/aromatic N) is 4. The molecule has 162 valence electrons. The van der Waals surface area contributed by atoms with Crippen LogP contribution in [0.2, 0.25) is 0 Å². The Labute approximate surface area is 202 Å². The van der Waals surface area contributed by atoms with Crippen molar-refractivity contribution in [2.24, 2.45) is 4.99 Å². The van der Waals surface area contributed by atoms with Crippen LogP contribution in [0.1, 0.15) is 17.6 Å². The second-order valence-corrected chi connectivity index (χ2v) is 7.76. The Hall–Kier alpha value is -2.66. The molecule has 0 unspecified atom stereocenters. The first-order chi connectivity index (χ1) is 14.8. The van der Waals surface area contributed by atoms with E-state index >= 15 is 0 Å². The SMILES string of the molecule is CCNC(=NCc1nnc2ccccn12)NCc1ccc(-c2ccc(OC)cc2)s1.I. The number of guanidine groups is 1. The number of methoxy groups -OCH3 is 1. The van der Waals surface area contributed by atoms with Crippen molar-refractivity contribution in [3.8, 4) is 16.2 Å². The number of hydrogen-bond donors (Lipinski definition) is 2. The molecular formula is C22H25IN6OS. The molecule has 0 atom stereocenters. The summed E-state index contributed by atoms with van der Waals surface area (Å²) in [7, 11) is 1.68. The molecule has 0 saturated carbocycles. The maximum atomic E-state index is 5.23. The van der Waals surface area contributed by atoms with E-state index < -0.39 is 0 Å². The van der Waals surface area contributed by atoms with Gasteiger partial charge < -0.3 is 15.4 Å². The van der Waals surface area contributed by atoms with Crippen molar-refractivity contribution in [1.82, 2.24) is 25.2 Å². The first-order valence-electron chi connectivity index (χ1n) is 9.81. The van der Waals surface area contributed by atoms with E-state index in [0.29, 0.717) is 13.1 Å². The molecule has 0 aliphatic heterocycles. The van der Waals surface area contributed by atoms with Gasteiger partial charge in [0.05, 0.1) is 13.7 Å². The van der Waals surface area contributed by atoms with E-state index in [0.717, 1.165) is 29.7 Å². The minimum atomic E-state index is 0. The molecule has 0 radical (unpaired) electrons. The third kappa shape index (κ3) is 5.73. The van der Waals surface area contributed by atoms with Crippen molar-refractivity contribution >= 4 is 46.9 Å². The zero-order valence-electron chi connectivity index (χ0n) is 17.4. The van der Waals surface area contributed by atoms with Crippen molar-refractivity contribution < 1.29 is 4.74 Å². The van der Waals surface area contributed by atoms with E-state index in [4.69, 9.17) is 4.74 Å². The highest BCUT2D eigenvalue weighted by Gasteiger charge is 2.07. The Morgan fingerprint density at radius 3 is 2.68 bits per heavy atom. The molecule has 31 heavy (non-hydrogen) atoms. The molecule has 7 nitrogen and oxygen atoms in total. The Kier molecular flexibility index (Phi) is 8.24. The number of fused-ring (bicyclic) bond motifs is 1. The summed E-state index contributed by atoms with van der Waals surface area (Å²) in [5.74, 6) is 2.43. The van der Waals surface area contributed by atoms with Gasteiger partial charge in [-0.25, -0.2) is 4.99 Å². The number of pyridine rings is 1. The number of halogens is 1. The molecule has 0 spiro atoms. The maximum absolute atomic E-state index is 5.23. The third-order valence-corrected chi connectivity index (χ3v) is 5.71. The van der Waals surface area contributed by atoms with E-state index in [1.807, 2.05) is 40.9 Å². The van der Waals surface area contributed by atoms with Crippen molar-refractivity contribution in [2.75, 3.05) is 13.7 Å². The Balaban J connectivity index is 0.00000272. The molecule has 0 bridgehead atoms. The van der Waals surface area contributed by atoms with Crippen LogP contribution in [0, 0.1) is 0 Å². The van der Waals surface area contributed by atoms with Crippen LogP contribution in [-0.2, 0) is 13.1 Å². The van der Waals surface area contributed by atoms with E-state index in [9.17, 15) is 0 Å². The fourth-order valence-electron chi connectivity index (χ4n) is 3.04. The number of aliphatic imine (C=N–C) groups is 1. The molecule has 9 heteroatoms.